The highest BCUT2D eigenvalue weighted by Gasteiger charge is 2.72. The number of carbonyl (C=O) groups is 3. The maximum atomic E-state index is 13.7. The van der Waals surface area contributed by atoms with E-state index in [4.69, 9.17) is 39.5 Å². The molecule has 4 aliphatic rings. The van der Waals surface area contributed by atoms with E-state index in [1.165, 1.54) is 0 Å². The number of amides is 2. The van der Waals surface area contributed by atoms with Gasteiger partial charge < -0.3 is 4.74 Å². The number of carbonyl (C=O) groups excluding carboxylic acids is 3. The van der Waals surface area contributed by atoms with Crippen LogP contribution in [0.4, 0.5) is 0 Å². The summed E-state index contributed by atoms with van der Waals surface area (Å²) in [6.07, 6.45) is -0.130. The van der Waals surface area contributed by atoms with Crippen LogP contribution in [-0.2, 0) is 35.5 Å². The third-order valence-electron chi connectivity index (χ3n) is 7.53. The molecule has 2 bridgehead atoms. The average Bonchev–Trinajstić information content (AvgIpc) is 3.16. The highest BCUT2D eigenvalue weighted by Crippen LogP contribution is 2.69. The van der Waals surface area contributed by atoms with E-state index < -0.39 is 39.4 Å². The average molecular weight is 541 g/mol. The Hall–Kier alpha value is -2.86. The standard InChI is InChI=1S/C28H20Cl3NO4/c29-17-11-9-16(10-12-17)15-36-22(33)13-14-32-25(34)23-24(26(32)35)28(31)19-6-2-1-5-18(19)27(23,30)20-7-3-4-8-21(20)28/h1-12,23-24H,13-15H2/t23-,24-,27?,28?/m0/s1. The summed E-state index contributed by atoms with van der Waals surface area (Å²) in [7, 11) is 0. The molecule has 0 N–H and O–H groups in total. The smallest absolute Gasteiger partial charge is 0.307 e. The molecule has 2 atom stereocenters. The van der Waals surface area contributed by atoms with Crippen LogP contribution in [0.15, 0.2) is 72.8 Å². The number of imide groups is 1. The summed E-state index contributed by atoms with van der Waals surface area (Å²) in [6.45, 7) is -0.0277. The lowest BCUT2D eigenvalue weighted by molar-refractivity contribution is -0.146. The van der Waals surface area contributed by atoms with E-state index in [1.54, 1.807) is 24.3 Å². The van der Waals surface area contributed by atoms with Gasteiger partial charge in [0, 0.05) is 11.6 Å². The highest BCUT2D eigenvalue weighted by molar-refractivity contribution is 6.36. The Morgan fingerprint density at radius 1 is 0.778 bits per heavy atom. The number of benzene rings is 3. The van der Waals surface area contributed by atoms with E-state index >= 15 is 0 Å². The molecule has 2 amide bonds. The van der Waals surface area contributed by atoms with Crippen LogP contribution in [0.25, 0.3) is 0 Å². The summed E-state index contributed by atoms with van der Waals surface area (Å²) < 4.78 is 5.33. The van der Waals surface area contributed by atoms with Gasteiger partial charge in [0.15, 0.2) is 0 Å². The molecule has 1 aliphatic heterocycles. The first-order valence-electron chi connectivity index (χ1n) is 11.6. The number of likely N-dealkylation sites (tertiary alicyclic amines) is 1. The second-order valence-electron chi connectivity index (χ2n) is 9.34. The van der Waals surface area contributed by atoms with Crippen molar-refractivity contribution in [2.75, 3.05) is 6.54 Å². The molecule has 0 saturated carbocycles. The van der Waals surface area contributed by atoms with Gasteiger partial charge in [-0.15, -0.1) is 23.2 Å². The third-order valence-corrected chi connectivity index (χ3v) is 9.07. The first kappa shape index (κ1) is 23.5. The monoisotopic (exact) mass is 539 g/mol. The minimum absolute atomic E-state index is 0.0728. The number of esters is 1. The minimum Gasteiger partial charge on any atom is -0.461 e. The molecule has 182 valence electrons. The molecule has 0 spiro atoms. The van der Waals surface area contributed by atoms with Gasteiger partial charge in [-0.1, -0.05) is 72.3 Å². The zero-order valence-electron chi connectivity index (χ0n) is 18.9. The van der Waals surface area contributed by atoms with Crippen molar-refractivity contribution in [1.29, 1.82) is 0 Å². The SMILES string of the molecule is O=C(CCN1C(=O)[C@@H]2[C@@H](C1=O)C1(Cl)c3ccccc3C2(Cl)c2ccccc21)OCc1ccc(Cl)cc1. The van der Waals surface area contributed by atoms with Crippen molar-refractivity contribution in [1.82, 2.24) is 4.90 Å². The van der Waals surface area contributed by atoms with Gasteiger partial charge in [-0.25, -0.2) is 0 Å². The van der Waals surface area contributed by atoms with Crippen LogP contribution in [0.1, 0.15) is 34.2 Å². The first-order chi connectivity index (χ1) is 17.3. The van der Waals surface area contributed by atoms with Crippen molar-refractivity contribution in [3.05, 3.63) is 106 Å². The molecule has 0 aromatic heterocycles. The van der Waals surface area contributed by atoms with Gasteiger partial charge in [-0.2, -0.15) is 0 Å². The summed E-state index contributed by atoms with van der Waals surface area (Å²) in [6, 6.07) is 21.9. The number of alkyl halides is 2. The van der Waals surface area contributed by atoms with Crippen LogP contribution < -0.4 is 0 Å². The van der Waals surface area contributed by atoms with E-state index in [9.17, 15) is 14.4 Å². The van der Waals surface area contributed by atoms with Crippen LogP contribution in [-0.4, -0.2) is 29.2 Å². The summed E-state index contributed by atoms with van der Waals surface area (Å²) >= 11 is 20.6. The Balaban J connectivity index is 1.28. The van der Waals surface area contributed by atoms with Gasteiger partial charge in [-0.05, 0) is 39.9 Å². The van der Waals surface area contributed by atoms with Gasteiger partial charge in [0.2, 0.25) is 11.8 Å². The lowest BCUT2D eigenvalue weighted by atomic mass is 9.54. The van der Waals surface area contributed by atoms with Gasteiger partial charge in [-0.3, -0.25) is 19.3 Å². The van der Waals surface area contributed by atoms with Crippen molar-refractivity contribution in [3.63, 3.8) is 0 Å². The number of hydrogen-bond acceptors (Lipinski definition) is 4. The molecule has 5 nitrogen and oxygen atoms in total. The Kier molecular flexibility index (Phi) is 5.45. The number of rotatable bonds is 5. The summed E-state index contributed by atoms with van der Waals surface area (Å²) in [5, 5.41) is 0.588. The fourth-order valence-electron chi connectivity index (χ4n) is 5.96. The Bertz CT molecular complexity index is 1300. The van der Waals surface area contributed by atoms with Crippen LogP contribution in [0.2, 0.25) is 5.02 Å². The Morgan fingerprint density at radius 3 is 1.67 bits per heavy atom. The lowest BCUT2D eigenvalue weighted by Crippen LogP contribution is -2.57. The summed E-state index contributed by atoms with van der Waals surface area (Å²) in [5.41, 5.74) is 3.75. The van der Waals surface area contributed by atoms with Crippen molar-refractivity contribution in [3.8, 4) is 0 Å². The highest BCUT2D eigenvalue weighted by atomic mass is 35.5. The fraction of sp³-hybridized carbons (Fsp3) is 0.250. The number of hydrogen-bond donors (Lipinski definition) is 0. The molecule has 36 heavy (non-hydrogen) atoms. The molecule has 3 aromatic rings. The maximum Gasteiger partial charge on any atom is 0.307 e. The topological polar surface area (TPSA) is 63.7 Å². The van der Waals surface area contributed by atoms with E-state index in [-0.39, 0.29) is 19.6 Å². The molecule has 3 aliphatic carbocycles. The molecule has 0 unspecified atom stereocenters. The lowest BCUT2D eigenvalue weighted by Gasteiger charge is -2.54. The molecule has 0 radical (unpaired) electrons. The van der Waals surface area contributed by atoms with E-state index in [0.717, 1.165) is 32.7 Å². The van der Waals surface area contributed by atoms with E-state index in [0.29, 0.717) is 5.02 Å². The molecule has 3 aromatic carbocycles. The van der Waals surface area contributed by atoms with Crippen LogP contribution >= 0.6 is 34.8 Å². The van der Waals surface area contributed by atoms with Crippen LogP contribution in [0.5, 0.6) is 0 Å². The van der Waals surface area contributed by atoms with Gasteiger partial charge in [0.1, 0.15) is 16.4 Å². The quantitative estimate of drug-likeness (QED) is 0.248. The number of nitrogens with zero attached hydrogens (tertiary/aromatic N) is 1. The fourth-order valence-corrected chi connectivity index (χ4v) is 7.19. The Labute approximate surface area is 222 Å². The van der Waals surface area contributed by atoms with Crippen molar-refractivity contribution < 1.29 is 19.1 Å². The maximum absolute atomic E-state index is 13.7. The second-order valence-corrected chi connectivity index (χ2v) is 11.0. The van der Waals surface area contributed by atoms with Gasteiger partial charge in [0.05, 0.1) is 18.3 Å². The normalized spacial score (nSPS) is 27.5. The summed E-state index contributed by atoms with van der Waals surface area (Å²) in [4.78, 5) is 38.6. The largest absolute Gasteiger partial charge is 0.461 e. The number of halogens is 3. The van der Waals surface area contributed by atoms with Crippen molar-refractivity contribution >= 4 is 52.6 Å². The minimum atomic E-state index is -1.23. The van der Waals surface area contributed by atoms with Crippen molar-refractivity contribution in [2.45, 2.75) is 22.8 Å². The van der Waals surface area contributed by atoms with Gasteiger partial charge >= 0.3 is 5.97 Å². The molecular formula is C28H20Cl3NO4. The predicted octanol–water partition coefficient (Wildman–Crippen LogP) is 5.37. The molecule has 8 heteroatoms. The van der Waals surface area contributed by atoms with Crippen LogP contribution in [0, 0.1) is 11.8 Å². The zero-order valence-corrected chi connectivity index (χ0v) is 21.2. The molecule has 1 fully saturated rings. The first-order valence-corrected chi connectivity index (χ1v) is 12.7. The predicted molar refractivity (Wildman–Crippen MR) is 136 cm³/mol. The van der Waals surface area contributed by atoms with Crippen LogP contribution in [0.3, 0.4) is 0 Å². The van der Waals surface area contributed by atoms with E-state index in [2.05, 4.69) is 0 Å². The van der Waals surface area contributed by atoms with Crippen molar-refractivity contribution in [2.24, 2.45) is 11.8 Å². The molecular weight excluding hydrogens is 521 g/mol. The second kappa shape index (κ2) is 8.34. The summed E-state index contributed by atoms with van der Waals surface area (Å²) in [5.74, 6) is -3.10. The number of ether oxygens (including phenoxy) is 1. The Morgan fingerprint density at radius 2 is 1.22 bits per heavy atom. The zero-order chi connectivity index (χ0) is 25.2. The molecule has 1 saturated heterocycles. The third kappa shape index (κ3) is 3.13. The van der Waals surface area contributed by atoms with Gasteiger partial charge in [0.25, 0.3) is 0 Å². The molecule has 1 heterocycles. The van der Waals surface area contributed by atoms with E-state index in [1.807, 2.05) is 48.5 Å². The molecule has 7 rings (SSSR count).